The Bertz CT molecular complexity index is 947. The average molecular weight is 337 g/mol. The maximum Gasteiger partial charge on any atom is 0.224 e. The van der Waals surface area contributed by atoms with E-state index in [-0.39, 0.29) is 4.90 Å². The highest BCUT2D eigenvalue weighted by Crippen LogP contribution is 2.31. The molecule has 0 bridgehead atoms. The van der Waals surface area contributed by atoms with Crippen LogP contribution in [-0.4, -0.2) is 31.8 Å². The molecule has 22 heavy (non-hydrogen) atoms. The molecular weight excluding hydrogens is 324 g/mol. The fraction of sp³-hybridized carbons (Fsp3) is 0.133. The van der Waals surface area contributed by atoms with Gasteiger partial charge >= 0.3 is 0 Å². The maximum absolute atomic E-state index is 11.5. The molecule has 0 aliphatic rings. The summed E-state index contributed by atoms with van der Waals surface area (Å²) in [6, 6.07) is 10.3. The third-order valence-electron chi connectivity index (χ3n) is 3.34. The SMILES string of the molecule is COc1nc(Cl)cc2[nH]c(-c3ccc(S(C)(=O)=O)cc3)cc12. The van der Waals surface area contributed by atoms with E-state index < -0.39 is 9.84 Å². The molecule has 3 aromatic rings. The lowest BCUT2D eigenvalue weighted by Crippen LogP contribution is -1.96. The summed E-state index contributed by atoms with van der Waals surface area (Å²) in [6.45, 7) is 0. The molecule has 2 aromatic heterocycles. The van der Waals surface area contributed by atoms with Gasteiger partial charge in [0.1, 0.15) is 5.15 Å². The van der Waals surface area contributed by atoms with Gasteiger partial charge < -0.3 is 9.72 Å². The summed E-state index contributed by atoms with van der Waals surface area (Å²) in [7, 11) is -1.67. The van der Waals surface area contributed by atoms with E-state index in [2.05, 4.69) is 9.97 Å². The molecule has 0 atom stereocenters. The van der Waals surface area contributed by atoms with Gasteiger partial charge in [-0.1, -0.05) is 23.7 Å². The molecule has 2 heterocycles. The number of aromatic nitrogens is 2. The van der Waals surface area contributed by atoms with Crippen molar-refractivity contribution < 1.29 is 13.2 Å². The molecule has 0 fully saturated rings. The van der Waals surface area contributed by atoms with Crippen molar-refractivity contribution in [3.63, 3.8) is 0 Å². The van der Waals surface area contributed by atoms with E-state index in [0.29, 0.717) is 11.0 Å². The summed E-state index contributed by atoms with van der Waals surface area (Å²) in [6.07, 6.45) is 1.18. The Labute approximate surface area is 132 Å². The highest BCUT2D eigenvalue weighted by molar-refractivity contribution is 7.90. The average Bonchev–Trinajstić information content (AvgIpc) is 2.89. The molecule has 114 valence electrons. The van der Waals surface area contributed by atoms with Crippen LogP contribution in [0.15, 0.2) is 41.3 Å². The molecule has 0 saturated carbocycles. The van der Waals surface area contributed by atoms with Crippen LogP contribution in [0.4, 0.5) is 0 Å². The van der Waals surface area contributed by atoms with Crippen molar-refractivity contribution in [1.29, 1.82) is 0 Å². The predicted octanol–water partition coefficient (Wildman–Crippen LogP) is 3.30. The zero-order valence-corrected chi connectivity index (χ0v) is 13.5. The predicted molar refractivity (Wildman–Crippen MR) is 86.2 cm³/mol. The van der Waals surface area contributed by atoms with Gasteiger partial charge in [-0.3, -0.25) is 0 Å². The van der Waals surface area contributed by atoms with Crippen molar-refractivity contribution in [2.45, 2.75) is 4.90 Å². The lowest BCUT2D eigenvalue weighted by atomic mass is 10.1. The van der Waals surface area contributed by atoms with Crippen molar-refractivity contribution in [2.24, 2.45) is 0 Å². The smallest absolute Gasteiger partial charge is 0.224 e. The van der Waals surface area contributed by atoms with Gasteiger partial charge in [-0.15, -0.1) is 0 Å². The van der Waals surface area contributed by atoms with Crippen LogP contribution in [0.3, 0.4) is 0 Å². The van der Waals surface area contributed by atoms with E-state index >= 15 is 0 Å². The van der Waals surface area contributed by atoms with Gasteiger partial charge in [0, 0.05) is 11.9 Å². The Kier molecular flexibility index (Phi) is 3.58. The highest BCUT2D eigenvalue weighted by atomic mass is 35.5. The Hall–Kier alpha value is -2.05. The first kappa shape index (κ1) is 14.9. The zero-order chi connectivity index (χ0) is 15.9. The molecule has 1 N–H and O–H groups in total. The monoisotopic (exact) mass is 336 g/mol. The van der Waals surface area contributed by atoms with E-state index in [0.717, 1.165) is 22.2 Å². The number of halogens is 1. The van der Waals surface area contributed by atoms with Crippen LogP contribution in [0.5, 0.6) is 5.88 Å². The largest absolute Gasteiger partial charge is 0.480 e. The van der Waals surface area contributed by atoms with Crippen LogP contribution in [0, 0.1) is 0 Å². The first-order valence-electron chi connectivity index (χ1n) is 6.42. The Morgan fingerprint density at radius 1 is 1.18 bits per heavy atom. The second kappa shape index (κ2) is 5.30. The lowest BCUT2D eigenvalue weighted by Gasteiger charge is -2.00. The number of nitrogens with one attached hydrogen (secondary N) is 1. The summed E-state index contributed by atoms with van der Waals surface area (Å²) in [5.41, 5.74) is 2.50. The van der Waals surface area contributed by atoms with Gasteiger partial charge in [0.2, 0.25) is 5.88 Å². The van der Waals surface area contributed by atoms with Crippen LogP contribution in [-0.2, 0) is 9.84 Å². The Morgan fingerprint density at radius 2 is 1.86 bits per heavy atom. The number of ether oxygens (including phenoxy) is 1. The number of fused-ring (bicyclic) bond motifs is 1. The fourth-order valence-corrected chi connectivity index (χ4v) is 3.08. The van der Waals surface area contributed by atoms with Crippen LogP contribution < -0.4 is 4.74 Å². The molecule has 0 amide bonds. The third kappa shape index (κ3) is 2.67. The number of hydrogen-bond acceptors (Lipinski definition) is 4. The van der Waals surface area contributed by atoms with Crippen LogP contribution >= 0.6 is 11.6 Å². The van der Waals surface area contributed by atoms with Gasteiger partial charge in [-0.2, -0.15) is 0 Å². The van der Waals surface area contributed by atoms with Gasteiger partial charge in [0.15, 0.2) is 9.84 Å². The molecule has 1 aromatic carbocycles. The second-order valence-electron chi connectivity index (χ2n) is 4.90. The van der Waals surface area contributed by atoms with Crippen molar-refractivity contribution in [2.75, 3.05) is 13.4 Å². The Morgan fingerprint density at radius 3 is 2.45 bits per heavy atom. The minimum atomic E-state index is -3.20. The molecule has 0 spiro atoms. The van der Waals surface area contributed by atoms with Gasteiger partial charge in [0.05, 0.1) is 22.9 Å². The molecule has 0 aliphatic heterocycles. The number of aromatic amines is 1. The number of benzene rings is 1. The minimum absolute atomic E-state index is 0.287. The van der Waals surface area contributed by atoms with Crippen LogP contribution in [0.1, 0.15) is 0 Å². The second-order valence-corrected chi connectivity index (χ2v) is 7.30. The summed E-state index contributed by atoms with van der Waals surface area (Å²) in [5.74, 6) is 0.442. The van der Waals surface area contributed by atoms with Gasteiger partial charge in [-0.25, -0.2) is 13.4 Å². The summed E-state index contributed by atoms with van der Waals surface area (Å²) in [5, 5.41) is 1.15. The molecule has 3 rings (SSSR count). The zero-order valence-electron chi connectivity index (χ0n) is 11.9. The van der Waals surface area contributed by atoms with Crippen molar-refractivity contribution >= 4 is 32.3 Å². The number of rotatable bonds is 3. The first-order chi connectivity index (χ1) is 10.4. The topological polar surface area (TPSA) is 72.0 Å². The number of sulfone groups is 1. The van der Waals surface area contributed by atoms with E-state index in [9.17, 15) is 8.42 Å². The van der Waals surface area contributed by atoms with Crippen molar-refractivity contribution in [1.82, 2.24) is 9.97 Å². The number of pyridine rings is 1. The normalized spacial score (nSPS) is 11.8. The maximum atomic E-state index is 11.5. The van der Waals surface area contributed by atoms with Crippen LogP contribution in [0.25, 0.3) is 22.2 Å². The quantitative estimate of drug-likeness (QED) is 0.745. The minimum Gasteiger partial charge on any atom is -0.480 e. The Balaban J connectivity index is 2.11. The standard InChI is InChI=1S/C15H13ClN2O3S/c1-21-15-11-7-12(17-13(11)8-14(16)18-15)9-3-5-10(6-4-9)22(2,19)20/h3-8,17H,1-2H3. The number of methoxy groups -OCH3 is 1. The van der Waals surface area contributed by atoms with Gasteiger partial charge in [0.25, 0.3) is 0 Å². The molecule has 0 saturated heterocycles. The van der Waals surface area contributed by atoms with Crippen molar-refractivity contribution in [3.05, 3.63) is 41.6 Å². The van der Waals surface area contributed by atoms with E-state index in [1.165, 1.54) is 13.4 Å². The summed E-state index contributed by atoms with van der Waals surface area (Å²) in [4.78, 5) is 7.64. The first-order valence-corrected chi connectivity index (χ1v) is 8.69. The molecule has 0 unspecified atom stereocenters. The molecule has 5 nitrogen and oxygen atoms in total. The third-order valence-corrected chi connectivity index (χ3v) is 4.66. The lowest BCUT2D eigenvalue weighted by molar-refractivity contribution is 0.403. The number of nitrogens with zero attached hydrogens (tertiary/aromatic N) is 1. The summed E-state index contributed by atoms with van der Waals surface area (Å²) < 4.78 is 28.2. The fourth-order valence-electron chi connectivity index (χ4n) is 2.26. The van der Waals surface area contributed by atoms with Gasteiger partial charge in [-0.05, 0) is 29.8 Å². The van der Waals surface area contributed by atoms with Crippen LogP contribution in [0.2, 0.25) is 5.15 Å². The molecule has 0 aliphatic carbocycles. The molecule has 7 heteroatoms. The van der Waals surface area contributed by atoms with E-state index in [1.807, 2.05) is 6.07 Å². The highest BCUT2D eigenvalue weighted by Gasteiger charge is 2.12. The summed E-state index contributed by atoms with van der Waals surface area (Å²) >= 11 is 5.95. The molecular formula is C15H13ClN2O3S. The number of hydrogen-bond donors (Lipinski definition) is 1. The van der Waals surface area contributed by atoms with E-state index in [4.69, 9.17) is 16.3 Å². The van der Waals surface area contributed by atoms with E-state index in [1.54, 1.807) is 30.3 Å². The molecule has 0 radical (unpaired) electrons. The number of H-pyrrole nitrogens is 1. The van der Waals surface area contributed by atoms with Crippen molar-refractivity contribution in [3.8, 4) is 17.1 Å².